The Morgan fingerprint density at radius 1 is 1.06 bits per heavy atom. The van der Waals surface area contributed by atoms with Crippen LogP contribution in [0, 0.1) is 5.41 Å². The first-order valence-corrected chi connectivity index (χ1v) is 10.2. The number of amidine groups is 1. The molecule has 1 heterocycles. The van der Waals surface area contributed by atoms with Gasteiger partial charge in [-0.15, -0.1) is 17.0 Å². The number of benzene rings is 2. The van der Waals surface area contributed by atoms with E-state index in [4.69, 9.17) is 10.1 Å². The molecule has 2 N–H and O–H groups in total. The Hall–Kier alpha value is -2.34. The Balaban J connectivity index is 0.00000341. The summed E-state index contributed by atoms with van der Waals surface area (Å²) in [6.45, 7) is 12.8. The highest BCUT2D eigenvalue weighted by molar-refractivity contribution is 8.93. The molecule has 31 heavy (non-hydrogen) atoms. The van der Waals surface area contributed by atoms with Crippen molar-refractivity contribution in [3.8, 4) is 11.5 Å². The first-order valence-electron chi connectivity index (χ1n) is 10.2. The minimum absolute atomic E-state index is 0. The van der Waals surface area contributed by atoms with Crippen molar-refractivity contribution in [3.05, 3.63) is 58.1 Å². The maximum Gasteiger partial charge on any atom is 0.182 e. The van der Waals surface area contributed by atoms with Crippen molar-refractivity contribution < 1.29 is 14.6 Å². The van der Waals surface area contributed by atoms with Gasteiger partial charge in [-0.2, -0.15) is 0 Å². The number of carbonyl (C=O) groups is 1. The highest BCUT2D eigenvalue weighted by Gasteiger charge is 2.30. The van der Waals surface area contributed by atoms with Gasteiger partial charge in [-0.1, -0.05) is 47.6 Å². The molecule has 0 atom stereocenters. The van der Waals surface area contributed by atoms with Gasteiger partial charge < -0.3 is 14.7 Å². The monoisotopic (exact) mass is 488 g/mol. The molecule has 3 rings (SSSR count). The van der Waals surface area contributed by atoms with Gasteiger partial charge in [-0.25, -0.2) is 0 Å². The van der Waals surface area contributed by atoms with Gasteiger partial charge in [0, 0.05) is 28.8 Å². The van der Waals surface area contributed by atoms with E-state index in [0.717, 1.165) is 22.3 Å². The predicted octanol–water partition coefficient (Wildman–Crippen LogP) is 5.60. The zero-order valence-corrected chi connectivity index (χ0v) is 21.1. The summed E-state index contributed by atoms with van der Waals surface area (Å²) < 4.78 is 5.27. The Labute approximate surface area is 195 Å². The van der Waals surface area contributed by atoms with Crippen molar-refractivity contribution >= 4 is 28.6 Å². The first-order chi connectivity index (χ1) is 13.8. The van der Waals surface area contributed by atoms with Gasteiger partial charge in [-0.3, -0.25) is 10.2 Å². The topological polar surface area (TPSA) is 73.6 Å². The van der Waals surface area contributed by atoms with Gasteiger partial charge in [-0.05, 0) is 40.7 Å². The fourth-order valence-corrected chi connectivity index (χ4v) is 3.83. The van der Waals surface area contributed by atoms with Crippen molar-refractivity contribution in [1.82, 2.24) is 4.90 Å². The molecule has 0 saturated carbocycles. The van der Waals surface area contributed by atoms with E-state index in [1.165, 1.54) is 0 Å². The molecule has 0 saturated heterocycles. The number of ether oxygens (including phenoxy) is 1. The van der Waals surface area contributed by atoms with Gasteiger partial charge in [0.1, 0.15) is 17.3 Å². The summed E-state index contributed by atoms with van der Waals surface area (Å²) in [5, 5.41) is 19.4. The molecule has 0 aromatic heterocycles. The average Bonchev–Trinajstić information content (AvgIpc) is 2.95. The number of nitrogens with one attached hydrogen (secondary N) is 1. The summed E-state index contributed by atoms with van der Waals surface area (Å²) in [6, 6.07) is 9.29. The van der Waals surface area contributed by atoms with Crippen LogP contribution >= 0.6 is 17.0 Å². The minimum atomic E-state index is -0.298. The number of methoxy groups -OCH3 is 1. The number of rotatable bonds is 4. The molecule has 6 heteroatoms. The molecular formula is C25H33BrN2O3. The number of hydrogen-bond acceptors (Lipinski definition) is 4. The van der Waals surface area contributed by atoms with E-state index in [9.17, 15) is 9.90 Å². The lowest BCUT2D eigenvalue weighted by atomic mass is 9.78. The lowest BCUT2D eigenvalue weighted by molar-refractivity contribution is 0.0962. The van der Waals surface area contributed by atoms with Gasteiger partial charge >= 0.3 is 0 Å². The smallest absolute Gasteiger partial charge is 0.182 e. The van der Waals surface area contributed by atoms with E-state index in [1.54, 1.807) is 12.0 Å². The van der Waals surface area contributed by atoms with Crippen molar-refractivity contribution in [2.24, 2.45) is 0 Å². The number of phenolic OH excluding ortho intramolecular Hbond substituents is 1. The van der Waals surface area contributed by atoms with Crippen LogP contribution in [0.1, 0.15) is 74.2 Å². The third kappa shape index (κ3) is 4.95. The SMILES string of the molecule is Br.COc1ccc2c(c1)C(=N)N(CC(=O)c1cc(C(C)(C)C)c(O)c(C(C)(C)C)c1)C2. The molecule has 0 unspecified atom stereocenters. The van der Waals surface area contributed by atoms with Gasteiger partial charge in [0.05, 0.1) is 13.7 Å². The second kappa shape index (κ2) is 8.65. The van der Waals surface area contributed by atoms with Crippen molar-refractivity contribution in [2.75, 3.05) is 13.7 Å². The number of nitrogens with zero attached hydrogens (tertiary/aromatic N) is 1. The molecule has 2 aromatic rings. The molecule has 1 aliphatic rings. The van der Waals surface area contributed by atoms with Crippen LogP contribution in [0.3, 0.4) is 0 Å². The Morgan fingerprint density at radius 2 is 1.61 bits per heavy atom. The van der Waals surface area contributed by atoms with Gasteiger partial charge in [0.25, 0.3) is 0 Å². The van der Waals surface area contributed by atoms with Crippen LogP contribution in [0.4, 0.5) is 0 Å². The van der Waals surface area contributed by atoms with E-state index in [2.05, 4.69) is 0 Å². The van der Waals surface area contributed by atoms with Crippen molar-refractivity contribution in [2.45, 2.75) is 58.9 Å². The quantitative estimate of drug-likeness (QED) is 0.549. The van der Waals surface area contributed by atoms with Crippen LogP contribution in [-0.4, -0.2) is 35.3 Å². The highest BCUT2D eigenvalue weighted by atomic mass is 79.9. The zero-order chi connectivity index (χ0) is 22.4. The number of phenols is 1. The molecule has 0 spiro atoms. The Morgan fingerprint density at radius 3 is 2.10 bits per heavy atom. The summed E-state index contributed by atoms with van der Waals surface area (Å²) in [5.74, 6) is 1.24. The molecule has 168 valence electrons. The van der Waals surface area contributed by atoms with E-state index in [1.807, 2.05) is 71.9 Å². The molecule has 1 aliphatic heterocycles. The van der Waals surface area contributed by atoms with Crippen LogP contribution in [0.2, 0.25) is 0 Å². The summed E-state index contributed by atoms with van der Waals surface area (Å²) in [7, 11) is 1.60. The molecule has 0 radical (unpaired) electrons. The number of halogens is 1. The maximum atomic E-state index is 13.2. The molecule has 0 aliphatic carbocycles. The second-order valence-corrected chi connectivity index (χ2v) is 10.1. The summed E-state index contributed by atoms with van der Waals surface area (Å²) in [6.07, 6.45) is 0. The highest BCUT2D eigenvalue weighted by Crippen LogP contribution is 2.40. The van der Waals surface area contributed by atoms with E-state index in [0.29, 0.717) is 23.7 Å². The van der Waals surface area contributed by atoms with Gasteiger partial charge in [0.15, 0.2) is 5.78 Å². The average molecular weight is 489 g/mol. The first kappa shape index (κ1) is 24.9. The fourth-order valence-electron chi connectivity index (χ4n) is 3.83. The van der Waals surface area contributed by atoms with Crippen LogP contribution in [-0.2, 0) is 17.4 Å². The molecule has 0 amide bonds. The van der Waals surface area contributed by atoms with Crippen molar-refractivity contribution in [3.63, 3.8) is 0 Å². The lowest BCUT2D eigenvalue weighted by Gasteiger charge is -2.28. The molecule has 0 bridgehead atoms. The molecule has 5 nitrogen and oxygen atoms in total. The van der Waals surface area contributed by atoms with E-state index < -0.39 is 0 Å². The number of hydrogen-bond donors (Lipinski definition) is 2. The summed E-state index contributed by atoms with van der Waals surface area (Å²) in [5.41, 5.74) is 3.33. The maximum absolute atomic E-state index is 13.2. The number of fused-ring (bicyclic) bond motifs is 1. The van der Waals surface area contributed by atoms with Crippen LogP contribution < -0.4 is 4.74 Å². The number of carbonyl (C=O) groups excluding carboxylic acids is 1. The molecule has 2 aromatic carbocycles. The van der Waals surface area contributed by atoms with Crippen molar-refractivity contribution in [1.29, 1.82) is 5.41 Å². The van der Waals surface area contributed by atoms with Gasteiger partial charge in [0.2, 0.25) is 0 Å². The molecular weight excluding hydrogens is 456 g/mol. The Kier molecular flexibility index (Phi) is 6.96. The number of aromatic hydroxyl groups is 1. The second-order valence-electron chi connectivity index (χ2n) is 10.1. The predicted molar refractivity (Wildman–Crippen MR) is 130 cm³/mol. The minimum Gasteiger partial charge on any atom is -0.507 e. The van der Waals surface area contributed by atoms with E-state index >= 15 is 0 Å². The third-order valence-electron chi connectivity index (χ3n) is 5.63. The third-order valence-corrected chi connectivity index (χ3v) is 5.63. The number of ketones is 1. The van der Waals surface area contributed by atoms with Crippen LogP contribution in [0.15, 0.2) is 30.3 Å². The fraction of sp³-hybridized carbons (Fsp3) is 0.440. The van der Waals surface area contributed by atoms with E-state index in [-0.39, 0.29) is 45.9 Å². The van der Waals surface area contributed by atoms with Crippen LogP contribution in [0.5, 0.6) is 11.5 Å². The standard InChI is InChI=1S/C25H32N2O3.BrH/c1-24(2,3)19-10-16(11-20(22(19)29)25(4,5)6)21(28)14-27-13-15-8-9-17(30-7)12-18(15)23(27)26;/h8-12,26,29H,13-14H2,1-7H3;1H. The zero-order valence-electron chi connectivity index (χ0n) is 19.4. The lowest BCUT2D eigenvalue weighted by Crippen LogP contribution is -2.30. The normalized spacial score (nSPS) is 13.6. The Bertz CT molecular complexity index is 981. The summed E-state index contributed by atoms with van der Waals surface area (Å²) >= 11 is 0. The summed E-state index contributed by atoms with van der Waals surface area (Å²) in [4.78, 5) is 15.0. The molecule has 0 fully saturated rings. The van der Waals surface area contributed by atoms with Crippen LogP contribution in [0.25, 0.3) is 0 Å². The largest absolute Gasteiger partial charge is 0.507 e. The number of Topliss-reactive ketones (excluding diaryl/α,β-unsaturated/α-hetero) is 1.